The van der Waals surface area contributed by atoms with Crippen molar-refractivity contribution < 1.29 is 18.7 Å². The summed E-state index contributed by atoms with van der Waals surface area (Å²) in [5, 5.41) is 2.81. The van der Waals surface area contributed by atoms with Gasteiger partial charge in [-0.2, -0.15) is 11.8 Å². The highest BCUT2D eigenvalue weighted by atomic mass is 32.2. The molecular formula is C23H29FN2O3S. The van der Waals surface area contributed by atoms with Crippen molar-refractivity contribution in [3.63, 3.8) is 0 Å². The van der Waals surface area contributed by atoms with Crippen LogP contribution in [0.3, 0.4) is 0 Å². The third-order valence-electron chi connectivity index (χ3n) is 4.53. The normalized spacial score (nSPS) is 11.9. The number of esters is 1. The molecule has 0 bridgehead atoms. The Hall–Kier alpha value is -2.54. The number of nitrogens with one attached hydrogen (secondary N) is 1. The number of amides is 1. The number of nitrogen functional groups attached to an aromatic ring is 1. The summed E-state index contributed by atoms with van der Waals surface area (Å²) < 4.78 is 18.4. The minimum Gasteiger partial charge on any atom is -0.461 e. The Balaban J connectivity index is 2.16. The number of carbonyl (C=O) groups is 2. The minimum absolute atomic E-state index is 0.259. The van der Waals surface area contributed by atoms with Crippen molar-refractivity contribution in [2.75, 3.05) is 17.7 Å². The van der Waals surface area contributed by atoms with Crippen molar-refractivity contribution in [1.82, 2.24) is 5.32 Å². The monoisotopic (exact) mass is 432 g/mol. The molecule has 7 heteroatoms. The second-order valence-corrected chi connectivity index (χ2v) is 8.32. The number of halogens is 1. The lowest BCUT2D eigenvalue weighted by molar-refractivity contribution is -0.149. The molecule has 2 aromatic rings. The van der Waals surface area contributed by atoms with Gasteiger partial charge < -0.3 is 15.8 Å². The maximum atomic E-state index is 13.1. The molecule has 0 spiro atoms. The first-order valence-corrected chi connectivity index (χ1v) is 11.3. The van der Waals surface area contributed by atoms with Gasteiger partial charge in [-0.05, 0) is 80.5 Å². The number of carbonyl (C=O) groups excluding carboxylic acids is 2. The van der Waals surface area contributed by atoms with E-state index in [2.05, 4.69) is 5.32 Å². The highest BCUT2D eigenvalue weighted by Gasteiger charge is 2.24. The van der Waals surface area contributed by atoms with Gasteiger partial charge in [0.15, 0.2) is 0 Å². The molecule has 0 aliphatic rings. The van der Waals surface area contributed by atoms with Crippen LogP contribution < -0.4 is 11.1 Å². The molecule has 0 aromatic heterocycles. The van der Waals surface area contributed by atoms with Crippen molar-refractivity contribution in [1.29, 1.82) is 0 Å². The van der Waals surface area contributed by atoms with Crippen LogP contribution in [0.5, 0.6) is 0 Å². The van der Waals surface area contributed by atoms with Gasteiger partial charge in [0, 0.05) is 11.3 Å². The third kappa shape index (κ3) is 7.37. The summed E-state index contributed by atoms with van der Waals surface area (Å²) in [7, 11) is 0. The number of anilines is 1. The lowest BCUT2D eigenvalue weighted by Crippen LogP contribution is -2.43. The number of nitrogens with two attached hydrogens (primary N) is 1. The van der Waals surface area contributed by atoms with Gasteiger partial charge in [-0.15, -0.1) is 0 Å². The molecule has 1 amide bonds. The topological polar surface area (TPSA) is 81.4 Å². The van der Waals surface area contributed by atoms with Gasteiger partial charge in [0.2, 0.25) is 0 Å². The van der Waals surface area contributed by atoms with E-state index in [1.54, 1.807) is 49.9 Å². The number of thioether (sulfide) groups is 1. The summed E-state index contributed by atoms with van der Waals surface area (Å²) in [6.07, 6.45) is 3.39. The number of benzene rings is 2. The Morgan fingerprint density at radius 1 is 1.13 bits per heavy atom. The summed E-state index contributed by atoms with van der Waals surface area (Å²) in [5.74, 6) is -0.366. The zero-order valence-corrected chi connectivity index (χ0v) is 18.4. The van der Waals surface area contributed by atoms with Crippen molar-refractivity contribution >= 4 is 29.3 Å². The van der Waals surface area contributed by atoms with Gasteiger partial charge >= 0.3 is 5.97 Å². The fraction of sp³-hybridized carbons (Fsp3) is 0.391. The molecule has 0 saturated carbocycles. The van der Waals surface area contributed by atoms with E-state index in [9.17, 15) is 14.0 Å². The Morgan fingerprint density at radius 2 is 1.83 bits per heavy atom. The summed E-state index contributed by atoms with van der Waals surface area (Å²) in [6, 6.07) is 10.8. The summed E-state index contributed by atoms with van der Waals surface area (Å²) >= 11 is 1.60. The predicted molar refractivity (Wildman–Crippen MR) is 120 cm³/mol. The van der Waals surface area contributed by atoms with Gasteiger partial charge in [0.1, 0.15) is 11.9 Å². The van der Waals surface area contributed by atoms with Gasteiger partial charge in [0.25, 0.3) is 5.91 Å². The molecule has 0 aliphatic carbocycles. The number of aryl methyl sites for hydroxylation is 2. The van der Waals surface area contributed by atoms with Crippen LogP contribution in [-0.2, 0) is 22.4 Å². The largest absolute Gasteiger partial charge is 0.461 e. The molecule has 3 N–H and O–H groups in total. The SMILES string of the molecule is CSCC[C@H](NC(=O)c1cc(N)ccc1CCc1ccc(F)cc1)C(=O)OC(C)C. The van der Waals surface area contributed by atoms with E-state index in [1.807, 2.05) is 12.3 Å². The molecule has 0 unspecified atom stereocenters. The maximum absolute atomic E-state index is 13.1. The van der Waals surface area contributed by atoms with Crippen LogP contribution in [-0.4, -0.2) is 36.0 Å². The van der Waals surface area contributed by atoms with Gasteiger partial charge in [-0.3, -0.25) is 4.79 Å². The molecule has 0 fully saturated rings. The molecule has 30 heavy (non-hydrogen) atoms. The molecule has 162 valence electrons. The number of hydrogen-bond acceptors (Lipinski definition) is 5. The summed E-state index contributed by atoms with van der Waals surface area (Å²) in [6.45, 7) is 3.55. The first-order valence-electron chi connectivity index (χ1n) is 9.93. The Morgan fingerprint density at radius 3 is 2.47 bits per heavy atom. The van der Waals surface area contributed by atoms with Crippen molar-refractivity contribution in [3.8, 4) is 0 Å². The third-order valence-corrected chi connectivity index (χ3v) is 5.17. The van der Waals surface area contributed by atoms with E-state index in [4.69, 9.17) is 10.5 Å². The highest BCUT2D eigenvalue weighted by molar-refractivity contribution is 7.98. The van der Waals surface area contributed by atoms with E-state index in [0.717, 1.165) is 11.1 Å². The molecule has 0 radical (unpaired) electrons. The van der Waals surface area contributed by atoms with Crippen molar-refractivity contribution in [3.05, 3.63) is 65.0 Å². The fourth-order valence-electron chi connectivity index (χ4n) is 2.99. The molecule has 0 aliphatic heterocycles. The highest BCUT2D eigenvalue weighted by Crippen LogP contribution is 2.18. The second kappa shape index (κ2) is 11.6. The van der Waals surface area contributed by atoms with Gasteiger partial charge in [-0.25, -0.2) is 9.18 Å². The van der Waals surface area contributed by atoms with Crippen LogP contribution in [0.2, 0.25) is 0 Å². The number of rotatable bonds is 10. The smallest absolute Gasteiger partial charge is 0.328 e. The van der Waals surface area contributed by atoms with E-state index >= 15 is 0 Å². The molecule has 2 aromatic carbocycles. The maximum Gasteiger partial charge on any atom is 0.328 e. The standard InChI is InChI=1S/C23H29FN2O3S/c1-15(2)29-23(28)21(12-13-30-3)26-22(27)20-14-19(25)11-8-17(20)7-4-16-5-9-18(24)10-6-16/h5-6,8-11,14-15,21H,4,7,12-13,25H2,1-3H3,(H,26,27)/t21-/m0/s1. The summed E-state index contributed by atoms with van der Waals surface area (Å²) in [5.41, 5.74) is 8.59. The number of ether oxygens (including phenoxy) is 1. The Bertz CT molecular complexity index is 856. The molecule has 2 rings (SSSR count). The van der Waals surface area contributed by atoms with Crippen LogP contribution in [0, 0.1) is 5.82 Å². The van der Waals surface area contributed by atoms with Crippen LogP contribution in [0.1, 0.15) is 41.8 Å². The summed E-state index contributed by atoms with van der Waals surface area (Å²) in [4.78, 5) is 25.4. The quantitative estimate of drug-likeness (QED) is 0.438. The number of hydrogen-bond donors (Lipinski definition) is 2. The van der Waals surface area contributed by atoms with E-state index in [0.29, 0.717) is 36.3 Å². The Labute approximate surface area is 181 Å². The van der Waals surface area contributed by atoms with Gasteiger partial charge in [-0.1, -0.05) is 18.2 Å². The predicted octanol–water partition coefficient (Wildman–Crippen LogP) is 4.00. The molecular weight excluding hydrogens is 403 g/mol. The fourth-order valence-corrected chi connectivity index (χ4v) is 3.46. The molecule has 1 atom stereocenters. The minimum atomic E-state index is -0.723. The zero-order chi connectivity index (χ0) is 22.1. The van der Waals surface area contributed by atoms with E-state index < -0.39 is 12.0 Å². The van der Waals surface area contributed by atoms with Gasteiger partial charge in [0.05, 0.1) is 6.10 Å². The first kappa shape index (κ1) is 23.7. The van der Waals surface area contributed by atoms with Crippen LogP contribution >= 0.6 is 11.8 Å². The van der Waals surface area contributed by atoms with Crippen LogP contribution in [0.25, 0.3) is 0 Å². The van der Waals surface area contributed by atoms with E-state index in [-0.39, 0.29) is 17.8 Å². The van der Waals surface area contributed by atoms with Crippen LogP contribution in [0.4, 0.5) is 10.1 Å². The van der Waals surface area contributed by atoms with E-state index in [1.165, 1.54) is 12.1 Å². The molecule has 5 nitrogen and oxygen atoms in total. The first-order chi connectivity index (χ1) is 14.3. The lowest BCUT2D eigenvalue weighted by Gasteiger charge is -2.20. The van der Waals surface area contributed by atoms with Crippen molar-refractivity contribution in [2.45, 2.75) is 45.3 Å². The van der Waals surface area contributed by atoms with Crippen molar-refractivity contribution in [2.24, 2.45) is 0 Å². The zero-order valence-electron chi connectivity index (χ0n) is 17.6. The average molecular weight is 433 g/mol. The average Bonchev–Trinajstić information content (AvgIpc) is 2.70. The molecule has 0 saturated heterocycles. The van der Waals surface area contributed by atoms with Crippen LogP contribution in [0.15, 0.2) is 42.5 Å². The molecule has 0 heterocycles. The lowest BCUT2D eigenvalue weighted by atomic mass is 9.98. The second-order valence-electron chi connectivity index (χ2n) is 7.34. The Kier molecular flexibility index (Phi) is 9.17.